The van der Waals surface area contributed by atoms with Crippen LogP contribution in [0.25, 0.3) is 0 Å². The van der Waals surface area contributed by atoms with Crippen molar-refractivity contribution in [3.8, 4) is 5.75 Å². The first-order chi connectivity index (χ1) is 10.1. The lowest BCUT2D eigenvalue weighted by molar-refractivity contribution is -0.121. The van der Waals surface area contributed by atoms with E-state index >= 15 is 0 Å². The molecule has 0 unspecified atom stereocenters. The number of amides is 1. The number of rotatable bonds is 5. The minimum Gasteiger partial charge on any atom is -0.494 e. The Morgan fingerprint density at radius 1 is 1.24 bits per heavy atom. The van der Waals surface area contributed by atoms with Crippen molar-refractivity contribution in [2.45, 2.75) is 19.9 Å². The Bertz CT molecular complexity index is 453. The SMILES string of the molecule is CCOc1ccc(NC(=O)[C@@H](C)N2CCN(C)CC2)cc1. The summed E-state index contributed by atoms with van der Waals surface area (Å²) < 4.78 is 5.39. The fourth-order valence-electron chi connectivity index (χ4n) is 2.42. The fraction of sp³-hybridized carbons (Fsp3) is 0.562. The molecule has 1 atom stereocenters. The topological polar surface area (TPSA) is 44.8 Å². The van der Waals surface area contributed by atoms with Crippen LogP contribution in [0, 0.1) is 0 Å². The zero-order valence-corrected chi connectivity index (χ0v) is 13.1. The molecule has 0 spiro atoms. The van der Waals surface area contributed by atoms with Crippen LogP contribution in [0.1, 0.15) is 13.8 Å². The number of hydrogen-bond donors (Lipinski definition) is 1. The first-order valence-electron chi connectivity index (χ1n) is 7.56. The molecule has 0 aliphatic carbocycles. The second kappa shape index (κ2) is 7.43. The maximum absolute atomic E-state index is 12.3. The van der Waals surface area contributed by atoms with Gasteiger partial charge in [-0.05, 0) is 45.2 Å². The van der Waals surface area contributed by atoms with E-state index in [-0.39, 0.29) is 11.9 Å². The van der Waals surface area contributed by atoms with Crippen LogP contribution in [-0.2, 0) is 4.79 Å². The third-order valence-electron chi connectivity index (χ3n) is 3.90. The van der Waals surface area contributed by atoms with E-state index < -0.39 is 0 Å². The highest BCUT2D eigenvalue weighted by Gasteiger charge is 2.24. The third kappa shape index (κ3) is 4.44. The van der Waals surface area contributed by atoms with Crippen LogP contribution in [-0.4, -0.2) is 61.6 Å². The predicted octanol–water partition coefficient (Wildman–Crippen LogP) is 1.66. The molecule has 1 aromatic carbocycles. The van der Waals surface area contributed by atoms with Gasteiger partial charge < -0.3 is 15.0 Å². The molecule has 0 radical (unpaired) electrons. The molecule has 1 saturated heterocycles. The lowest BCUT2D eigenvalue weighted by Crippen LogP contribution is -2.51. The Morgan fingerprint density at radius 3 is 2.43 bits per heavy atom. The molecule has 0 bridgehead atoms. The van der Waals surface area contributed by atoms with Gasteiger partial charge in [0.05, 0.1) is 12.6 Å². The Hall–Kier alpha value is -1.59. The summed E-state index contributed by atoms with van der Waals surface area (Å²) in [6.07, 6.45) is 0. The van der Waals surface area contributed by atoms with Crippen LogP contribution >= 0.6 is 0 Å². The highest BCUT2D eigenvalue weighted by molar-refractivity contribution is 5.94. The highest BCUT2D eigenvalue weighted by Crippen LogP contribution is 2.16. The van der Waals surface area contributed by atoms with Crippen molar-refractivity contribution in [3.63, 3.8) is 0 Å². The number of nitrogens with one attached hydrogen (secondary N) is 1. The van der Waals surface area contributed by atoms with Crippen molar-refractivity contribution in [2.75, 3.05) is 45.2 Å². The average molecular weight is 291 g/mol. The molecule has 1 N–H and O–H groups in total. The Morgan fingerprint density at radius 2 is 1.86 bits per heavy atom. The van der Waals surface area contributed by atoms with Crippen molar-refractivity contribution < 1.29 is 9.53 Å². The monoisotopic (exact) mass is 291 g/mol. The average Bonchev–Trinajstić information content (AvgIpc) is 2.49. The number of ether oxygens (including phenoxy) is 1. The summed E-state index contributed by atoms with van der Waals surface area (Å²) in [6, 6.07) is 7.39. The van der Waals surface area contributed by atoms with E-state index in [2.05, 4.69) is 22.2 Å². The molecule has 0 saturated carbocycles. The Balaban J connectivity index is 1.88. The summed E-state index contributed by atoms with van der Waals surface area (Å²) in [5.41, 5.74) is 0.810. The normalized spacial score (nSPS) is 18.2. The number of carbonyl (C=O) groups is 1. The van der Waals surface area contributed by atoms with Gasteiger partial charge in [0.2, 0.25) is 5.91 Å². The van der Waals surface area contributed by atoms with Crippen LogP contribution in [0.4, 0.5) is 5.69 Å². The van der Waals surface area contributed by atoms with Gasteiger partial charge in [-0.2, -0.15) is 0 Å². The van der Waals surface area contributed by atoms with Crippen molar-refractivity contribution in [1.29, 1.82) is 0 Å². The van der Waals surface area contributed by atoms with Crippen molar-refractivity contribution in [2.24, 2.45) is 0 Å². The molecule has 1 aliphatic heterocycles. The lowest BCUT2D eigenvalue weighted by atomic mass is 10.2. The fourth-order valence-corrected chi connectivity index (χ4v) is 2.42. The highest BCUT2D eigenvalue weighted by atomic mass is 16.5. The molecule has 1 aromatic rings. The lowest BCUT2D eigenvalue weighted by Gasteiger charge is -2.35. The molecule has 1 fully saturated rings. The second-order valence-corrected chi connectivity index (χ2v) is 5.46. The van der Waals surface area contributed by atoms with Crippen LogP contribution in [0.2, 0.25) is 0 Å². The van der Waals surface area contributed by atoms with Gasteiger partial charge in [0.25, 0.3) is 0 Å². The van der Waals surface area contributed by atoms with Gasteiger partial charge in [-0.15, -0.1) is 0 Å². The molecule has 1 heterocycles. The summed E-state index contributed by atoms with van der Waals surface area (Å²) in [4.78, 5) is 16.8. The van der Waals surface area contributed by atoms with E-state index in [9.17, 15) is 4.79 Å². The number of carbonyl (C=O) groups excluding carboxylic acids is 1. The number of piperazine rings is 1. The predicted molar refractivity (Wildman–Crippen MR) is 84.8 cm³/mol. The summed E-state index contributed by atoms with van der Waals surface area (Å²) >= 11 is 0. The van der Waals surface area contributed by atoms with E-state index in [4.69, 9.17) is 4.74 Å². The molecule has 116 valence electrons. The number of likely N-dealkylation sites (N-methyl/N-ethyl adjacent to an activating group) is 1. The first kappa shape index (κ1) is 15.8. The third-order valence-corrected chi connectivity index (χ3v) is 3.90. The second-order valence-electron chi connectivity index (χ2n) is 5.46. The van der Waals surface area contributed by atoms with Crippen molar-refractivity contribution >= 4 is 11.6 Å². The zero-order chi connectivity index (χ0) is 15.2. The molecule has 5 heteroatoms. The molecule has 2 rings (SSSR count). The standard InChI is InChI=1S/C16H25N3O2/c1-4-21-15-7-5-14(6-8-15)17-16(20)13(2)19-11-9-18(3)10-12-19/h5-8,13H,4,9-12H2,1-3H3,(H,17,20)/t13-/m1/s1. The summed E-state index contributed by atoms with van der Waals surface area (Å²) in [5.74, 6) is 0.867. The first-order valence-corrected chi connectivity index (χ1v) is 7.56. The number of benzene rings is 1. The maximum atomic E-state index is 12.3. The van der Waals surface area contributed by atoms with Gasteiger partial charge >= 0.3 is 0 Å². The van der Waals surface area contributed by atoms with E-state index in [1.165, 1.54) is 0 Å². The maximum Gasteiger partial charge on any atom is 0.241 e. The smallest absolute Gasteiger partial charge is 0.241 e. The van der Waals surface area contributed by atoms with Crippen molar-refractivity contribution in [3.05, 3.63) is 24.3 Å². The van der Waals surface area contributed by atoms with Crippen LogP contribution in [0.5, 0.6) is 5.75 Å². The Kier molecular flexibility index (Phi) is 5.59. The van der Waals surface area contributed by atoms with Gasteiger partial charge in [-0.25, -0.2) is 0 Å². The minimum atomic E-state index is -0.106. The Labute approximate surface area is 126 Å². The largest absolute Gasteiger partial charge is 0.494 e. The number of anilines is 1. The van der Waals surface area contributed by atoms with Crippen LogP contribution in [0.15, 0.2) is 24.3 Å². The van der Waals surface area contributed by atoms with E-state index in [0.717, 1.165) is 37.6 Å². The summed E-state index contributed by atoms with van der Waals surface area (Å²) in [6.45, 7) is 8.47. The van der Waals surface area contributed by atoms with Gasteiger partial charge in [-0.3, -0.25) is 9.69 Å². The van der Waals surface area contributed by atoms with E-state index in [1.807, 2.05) is 38.1 Å². The van der Waals surface area contributed by atoms with Gasteiger partial charge in [0, 0.05) is 31.9 Å². The molecule has 5 nitrogen and oxygen atoms in total. The van der Waals surface area contributed by atoms with Gasteiger partial charge in [0.1, 0.15) is 5.75 Å². The van der Waals surface area contributed by atoms with Gasteiger partial charge in [0.15, 0.2) is 0 Å². The van der Waals surface area contributed by atoms with E-state index in [1.54, 1.807) is 0 Å². The molecule has 0 aromatic heterocycles. The van der Waals surface area contributed by atoms with Crippen molar-refractivity contribution in [1.82, 2.24) is 9.80 Å². The number of nitrogens with zero attached hydrogens (tertiary/aromatic N) is 2. The van der Waals surface area contributed by atoms with E-state index in [0.29, 0.717) is 6.61 Å². The molecule has 1 amide bonds. The minimum absolute atomic E-state index is 0.0451. The molecular formula is C16H25N3O2. The van der Waals surface area contributed by atoms with Crippen LogP contribution < -0.4 is 10.1 Å². The summed E-state index contributed by atoms with van der Waals surface area (Å²) in [7, 11) is 2.11. The molecule has 1 aliphatic rings. The quantitative estimate of drug-likeness (QED) is 0.896. The van der Waals surface area contributed by atoms with Crippen LogP contribution in [0.3, 0.4) is 0 Å². The zero-order valence-electron chi connectivity index (χ0n) is 13.1. The molecule has 21 heavy (non-hydrogen) atoms. The summed E-state index contributed by atoms with van der Waals surface area (Å²) in [5, 5.41) is 2.97. The number of hydrogen-bond acceptors (Lipinski definition) is 4. The molecular weight excluding hydrogens is 266 g/mol. The van der Waals surface area contributed by atoms with Gasteiger partial charge in [-0.1, -0.05) is 0 Å².